The average Bonchev–Trinajstić information content (AvgIpc) is 3.11. The van der Waals surface area contributed by atoms with Crippen molar-refractivity contribution < 1.29 is 9.32 Å². The standard InChI is InChI=1S/C21H22N4O2S.2ClH/c1-13-10-16(25-27-13)12-28-21-18(5-3-9-23-21)20(26)24-19-6-2-4-14-11-15(22)7-8-17(14)19;;/h3,5,7-11,19H,2,4,6,12,22H2,1H3,(H,24,26);2*1H. The number of hydrogen-bond acceptors (Lipinski definition) is 6. The monoisotopic (exact) mass is 466 g/mol. The predicted molar refractivity (Wildman–Crippen MR) is 124 cm³/mol. The van der Waals surface area contributed by atoms with E-state index in [0.717, 1.165) is 42.0 Å². The molecule has 1 amide bonds. The summed E-state index contributed by atoms with van der Waals surface area (Å²) in [7, 11) is 0. The third kappa shape index (κ3) is 5.47. The summed E-state index contributed by atoms with van der Waals surface area (Å²) >= 11 is 1.48. The Hall–Kier alpha value is -2.22. The molecule has 0 aliphatic heterocycles. The van der Waals surface area contributed by atoms with E-state index in [-0.39, 0.29) is 36.8 Å². The minimum Gasteiger partial charge on any atom is -0.399 e. The smallest absolute Gasteiger partial charge is 0.254 e. The molecule has 6 nitrogen and oxygen atoms in total. The third-order valence-corrected chi connectivity index (χ3v) is 5.87. The van der Waals surface area contributed by atoms with Gasteiger partial charge in [-0.3, -0.25) is 4.79 Å². The van der Waals surface area contributed by atoms with Gasteiger partial charge < -0.3 is 15.6 Å². The predicted octanol–water partition coefficient (Wildman–Crippen LogP) is 4.90. The molecule has 3 N–H and O–H groups in total. The van der Waals surface area contributed by atoms with Crippen LogP contribution in [0.2, 0.25) is 0 Å². The number of fused-ring (bicyclic) bond motifs is 1. The zero-order chi connectivity index (χ0) is 19.5. The van der Waals surface area contributed by atoms with Gasteiger partial charge in [-0.15, -0.1) is 24.8 Å². The second kappa shape index (κ2) is 10.7. The highest BCUT2D eigenvalue weighted by molar-refractivity contribution is 7.98. The molecule has 1 aliphatic carbocycles. The van der Waals surface area contributed by atoms with Crippen LogP contribution in [0.5, 0.6) is 0 Å². The van der Waals surface area contributed by atoms with E-state index in [9.17, 15) is 4.79 Å². The number of pyridine rings is 1. The molecule has 3 aromatic rings. The number of rotatable bonds is 5. The number of hydrogen-bond donors (Lipinski definition) is 2. The number of carbonyl (C=O) groups is 1. The molecule has 0 fully saturated rings. The van der Waals surface area contributed by atoms with Crippen molar-refractivity contribution in [2.45, 2.75) is 43.0 Å². The van der Waals surface area contributed by atoms with Crippen LogP contribution in [-0.4, -0.2) is 16.0 Å². The lowest BCUT2D eigenvalue weighted by atomic mass is 9.87. The van der Waals surface area contributed by atoms with Gasteiger partial charge in [-0.05, 0) is 61.6 Å². The van der Waals surface area contributed by atoms with Gasteiger partial charge in [0.1, 0.15) is 10.8 Å². The van der Waals surface area contributed by atoms with Gasteiger partial charge in [0.15, 0.2) is 0 Å². The molecule has 30 heavy (non-hydrogen) atoms. The van der Waals surface area contributed by atoms with E-state index in [1.807, 2.05) is 37.3 Å². The largest absolute Gasteiger partial charge is 0.399 e. The van der Waals surface area contributed by atoms with E-state index in [2.05, 4.69) is 15.5 Å². The van der Waals surface area contributed by atoms with Crippen molar-refractivity contribution in [1.82, 2.24) is 15.5 Å². The number of nitrogens with zero attached hydrogens (tertiary/aromatic N) is 2. The Balaban J connectivity index is 0.00000160. The van der Waals surface area contributed by atoms with Gasteiger partial charge in [0.25, 0.3) is 5.91 Å². The number of aromatic nitrogens is 2. The summed E-state index contributed by atoms with van der Waals surface area (Å²) in [6.45, 7) is 1.86. The summed E-state index contributed by atoms with van der Waals surface area (Å²) in [5, 5.41) is 7.87. The van der Waals surface area contributed by atoms with Crippen LogP contribution in [0.4, 0.5) is 5.69 Å². The second-order valence-corrected chi connectivity index (χ2v) is 7.91. The lowest BCUT2D eigenvalue weighted by Gasteiger charge is -2.27. The summed E-state index contributed by atoms with van der Waals surface area (Å²) in [6.07, 6.45) is 4.65. The molecule has 160 valence electrons. The maximum absolute atomic E-state index is 13.0. The van der Waals surface area contributed by atoms with Crippen LogP contribution < -0.4 is 11.1 Å². The van der Waals surface area contributed by atoms with Gasteiger partial charge in [-0.25, -0.2) is 4.98 Å². The molecule has 1 aromatic carbocycles. The first kappa shape index (κ1) is 24.1. The highest BCUT2D eigenvalue weighted by atomic mass is 35.5. The van der Waals surface area contributed by atoms with E-state index < -0.39 is 0 Å². The van der Waals surface area contributed by atoms with Gasteiger partial charge in [0.2, 0.25) is 0 Å². The highest BCUT2D eigenvalue weighted by Crippen LogP contribution is 2.32. The zero-order valence-corrected chi connectivity index (χ0v) is 18.9. The first-order valence-corrected chi connectivity index (χ1v) is 10.3. The molecule has 1 atom stereocenters. The Kier molecular flexibility index (Phi) is 8.58. The number of aryl methyl sites for hydroxylation is 2. The Labute approximate surface area is 192 Å². The number of thioether (sulfide) groups is 1. The lowest BCUT2D eigenvalue weighted by Crippen LogP contribution is -2.31. The first-order valence-electron chi connectivity index (χ1n) is 9.29. The number of nitrogens with one attached hydrogen (secondary N) is 1. The fraction of sp³-hybridized carbons (Fsp3) is 0.286. The fourth-order valence-corrected chi connectivity index (χ4v) is 4.40. The molecule has 4 rings (SSSR count). The number of nitrogen functional groups attached to an aromatic ring is 1. The normalized spacial score (nSPS) is 14.8. The molecule has 0 saturated carbocycles. The van der Waals surface area contributed by atoms with Crippen LogP contribution in [0.3, 0.4) is 0 Å². The van der Waals surface area contributed by atoms with Crippen molar-refractivity contribution in [3.8, 4) is 0 Å². The molecule has 0 radical (unpaired) electrons. The Bertz CT molecular complexity index is 1010. The first-order chi connectivity index (χ1) is 13.6. The van der Waals surface area contributed by atoms with Crippen LogP contribution in [-0.2, 0) is 12.2 Å². The summed E-state index contributed by atoms with van der Waals surface area (Å²) in [5.41, 5.74) is 10.5. The van der Waals surface area contributed by atoms with Crippen molar-refractivity contribution in [3.05, 3.63) is 70.7 Å². The summed E-state index contributed by atoms with van der Waals surface area (Å²) in [4.78, 5) is 17.4. The molecular formula is C21H24Cl2N4O2S. The lowest BCUT2D eigenvalue weighted by molar-refractivity contribution is 0.0929. The molecule has 1 aliphatic rings. The second-order valence-electron chi connectivity index (χ2n) is 6.95. The van der Waals surface area contributed by atoms with Gasteiger partial charge in [0, 0.05) is 23.7 Å². The minimum atomic E-state index is -0.110. The molecule has 2 aromatic heterocycles. The van der Waals surface area contributed by atoms with Crippen LogP contribution in [0, 0.1) is 6.92 Å². The Morgan fingerprint density at radius 2 is 2.13 bits per heavy atom. The number of nitrogens with two attached hydrogens (primary N) is 1. The molecule has 0 bridgehead atoms. The van der Waals surface area contributed by atoms with E-state index in [1.165, 1.54) is 17.3 Å². The number of carbonyl (C=O) groups excluding carboxylic acids is 1. The Morgan fingerprint density at radius 3 is 2.90 bits per heavy atom. The average molecular weight is 467 g/mol. The number of benzene rings is 1. The van der Waals surface area contributed by atoms with Crippen molar-refractivity contribution in [2.24, 2.45) is 0 Å². The van der Waals surface area contributed by atoms with E-state index in [4.69, 9.17) is 10.3 Å². The highest BCUT2D eigenvalue weighted by Gasteiger charge is 2.23. The maximum atomic E-state index is 13.0. The number of amides is 1. The van der Waals surface area contributed by atoms with Crippen LogP contribution in [0.25, 0.3) is 0 Å². The molecule has 1 unspecified atom stereocenters. The van der Waals surface area contributed by atoms with Crippen LogP contribution in [0.15, 0.2) is 52.1 Å². The van der Waals surface area contributed by atoms with Gasteiger partial charge in [-0.2, -0.15) is 0 Å². The quantitative estimate of drug-likeness (QED) is 0.409. The van der Waals surface area contributed by atoms with E-state index >= 15 is 0 Å². The summed E-state index contributed by atoms with van der Waals surface area (Å²) in [5.74, 6) is 1.26. The van der Waals surface area contributed by atoms with Crippen LogP contribution in [0.1, 0.15) is 51.8 Å². The van der Waals surface area contributed by atoms with Crippen LogP contribution >= 0.6 is 36.6 Å². The zero-order valence-electron chi connectivity index (χ0n) is 16.5. The van der Waals surface area contributed by atoms with Gasteiger partial charge in [0.05, 0.1) is 17.3 Å². The minimum absolute atomic E-state index is 0. The molecule has 0 saturated heterocycles. The maximum Gasteiger partial charge on any atom is 0.254 e. The summed E-state index contributed by atoms with van der Waals surface area (Å²) < 4.78 is 5.10. The van der Waals surface area contributed by atoms with Crippen molar-refractivity contribution in [2.75, 3.05) is 5.73 Å². The Morgan fingerprint density at radius 1 is 1.30 bits per heavy atom. The van der Waals surface area contributed by atoms with E-state index in [0.29, 0.717) is 16.3 Å². The number of anilines is 1. The topological polar surface area (TPSA) is 94.0 Å². The molecule has 2 heterocycles. The van der Waals surface area contributed by atoms with E-state index in [1.54, 1.807) is 12.3 Å². The van der Waals surface area contributed by atoms with Gasteiger partial charge >= 0.3 is 0 Å². The SMILES string of the molecule is Cc1cc(CSc2ncccc2C(=O)NC2CCCc3cc(N)ccc32)no1.Cl.Cl. The third-order valence-electron chi connectivity index (χ3n) is 4.84. The molecule has 0 spiro atoms. The van der Waals surface area contributed by atoms with Gasteiger partial charge in [-0.1, -0.05) is 23.0 Å². The van der Waals surface area contributed by atoms with Crippen molar-refractivity contribution in [3.63, 3.8) is 0 Å². The molecular weight excluding hydrogens is 443 g/mol. The number of halogens is 2. The fourth-order valence-electron chi connectivity index (χ4n) is 3.53. The summed E-state index contributed by atoms with van der Waals surface area (Å²) in [6, 6.07) is 11.4. The van der Waals surface area contributed by atoms with Crippen molar-refractivity contribution >= 4 is 48.2 Å². The molecule has 9 heteroatoms. The van der Waals surface area contributed by atoms with Crippen molar-refractivity contribution in [1.29, 1.82) is 0 Å².